The third-order valence-electron chi connectivity index (χ3n) is 8.67. The molecule has 0 aliphatic carbocycles. The second kappa shape index (κ2) is 15.0. The van der Waals surface area contributed by atoms with Gasteiger partial charge in [0.05, 0.1) is 26.4 Å². The lowest BCUT2D eigenvalue weighted by Crippen LogP contribution is -2.43. The van der Waals surface area contributed by atoms with Crippen LogP contribution in [0.1, 0.15) is 63.5 Å². The minimum absolute atomic E-state index is 0.00682. The van der Waals surface area contributed by atoms with E-state index in [1.165, 1.54) is 0 Å². The monoisotopic (exact) mass is 606 g/mol. The Balaban J connectivity index is 1.91. The number of hydrogen-bond donors (Lipinski definition) is 1. The molecule has 0 heterocycles. The summed E-state index contributed by atoms with van der Waals surface area (Å²) < 4.78 is 30.3. The Morgan fingerprint density at radius 1 is 0.791 bits per heavy atom. The molecule has 0 aromatic heterocycles. The fourth-order valence-electron chi connectivity index (χ4n) is 4.69. The van der Waals surface area contributed by atoms with Crippen LogP contribution < -0.4 is 18.9 Å². The maximum atomic E-state index is 11.7. The largest absolute Gasteiger partial charge is 0.493 e. The summed E-state index contributed by atoms with van der Waals surface area (Å²) in [5, 5.41) is 11.7. The van der Waals surface area contributed by atoms with Crippen LogP contribution in [0.5, 0.6) is 23.0 Å². The fraction of sp³-hybridized carbons (Fsp3) is 0.444. The van der Waals surface area contributed by atoms with Crippen LogP contribution in [0.25, 0.3) is 0 Å². The fourth-order valence-corrected chi connectivity index (χ4v) is 6.03. The van der Waals surface area contributed by atoms with Crippen LogP contribution in [-0.2, 0) is 11.0 Å². The van der Waals surface area contributed by atoms with E-state index in [4.69, 9.17) is 23.4 Å². The van der Waals surface area contributed by atoms with Gasteiger partial charge in [0.25, 0.3) is 0 Å². The average Bonchev–Trinajstić information content (AvgIpc) is 3.00. The van der Waals surface area contributed by atoms with Crippen molar-refractivity contribution in [1.82, 2.24) is 0 Å². The van der Waals surface area contributed by atoms with E-state index in [2.05, 4.69) is 54.3 Å². The molecule has 0 aliphatic rings. The van der Waals surface area contributed by atoms with Crippen LogP contribution in [-0.4, -0.2) is 34.3 Å². The first-order valence-electron chi connectivity index (χ1n) is 14.9. The number of methoxy groups -OCH3 is 2. The summed E-state index contributed by atoms with van der Waals surface area (Å²) in [6.45, 7) is 20.0. The smallest absolute Gasteiger partial charge is 0.192 e. The van der Waals surface area contributed by atoms with Crippen molar-refractivity contribution in [2.24, 2.45) is 11.8 Å². The molecule has 0 saturated heterocycles. The predicted octanol–water partition coefficient (Wildman–Crippen LogP) is 8.92. The molecule has 6 nitrogen and oxygen atoms in total. The summed E-state index contributed by atoms with van der Waals surface area (Å²) in [5.74, 6) is 2.31. The Morgan fingerprint density at radius 2 is 1.35 bits per heavy atom. The Kier molecular flexibility index (Phi) is 11.9. The Labute approximate surface area is 259 Å². The molecule has 0 aliphatic heterocycles. The molecule has 0 amide bonds. The first-order valence-corrected chi connectivity index (χ1v) is 17.9. The highest BCUT2D eigenvalue weighted by Crippen LogP contribution is 2.46. The lowest BCUT2D eigenvalue weighted by molar-refractivity contribution is 0.0264. The summed E-state index contributed by atoms with van der Waals surface area (Å²) in [5.41, 5.74) is 2.82. The van der Waals surface area contributed by atoms with Crippen LogP contribution in [0.4, 0.5) is 0 Å². The first-order chi connectivity index (χ1) is 20.3. The molecule has 0 spiro atoms. The zero-order chi connectivity index (χ0) is 31.8. The van der Waals surface area contributed by atoms with Crippen molar-refractivity contribution in [3.05, 3.63) is 96.1 Å². The van der Waals surface area contributed by atoms with Crippen molar-refractivity contribution in [3.8, 4) is 23.0 Å². The number of aliphatic hydroxyl groups is 1. The highest BCUT2D eigenvalue weighted by Gasteiger charge is 2.42. The van der Waals surface area contributed by atoms with Gasteiger partial charge in [-0.3, -0.25) is 0 Å². The van der Waals surface area contributed by atoms with Gasteiger partial charge in [-0.05, 0) is 70.9 Å². The highest BCUT2D eigenvalue weighted by molar-refractivity contribution is 6.74. The third kappa shape index (κ3) is 8.65. The van der Waals surface area contributed by atoms with Gasteiger partial charge in [-0.2, -0.15) is 0 Å². The third-order valence-corrected chi connectivity index (χ3v) is 13.1. The van der Waals surface area contributed by atoms with Crippen LogP contribution >= 0.6 is 0 Å². The van der Waals surface area contributed by atoms with Crippen LogP contribution in [0.2, 0.25) is 18.1 Å². The van der Waals surface area contributed by atoms with E-state index in [9.17, 15) is 5.11 Å². The number of rotatable bonds is 15. The number of benzene rings is 3. The molecule has 1 N–H and O–H groups in total. The lowest BCUT2D eigenvalue weighted by Gasteiger charge is -2.43. The second-order valence-electron chi connectivity index (χ2n) is 12.7. The summed E-state index contributed by atoms with van der Waals surface area (Å²) in [7, 11) is 1.06. The van der Waals surface area contributed by atoms with Gasteiger partial charge >= 0.3 is 0 Å². The Bertz CT molecular complexity index is 1320. The zero-order valence-electron chi connectivity index (χ0n) is 27.3. The van der Waals surface area contributed by atoms with Crippen LogP contribution in [0.3, 0.4) is 0 Å². The number of hydrogen-bond acceptors (Lipinski definition) is 6. The highest BCUT2D eigenvalue weighted by atomic mass is 28.4. The molecule has 4 atom stereocenters. The average molecular weight is 607 g/mol. The molecule has 3 aromatic rings. The normalized spacial score (nSPS) is 14.7. The quantitative estimate of drug-likeness (QED) is 0.138. The number of ether oxygens (including phenoxy) is 4. The van der Waals surface area contributed by atoms with E-state index >= 15 is 0 Å². The van der Waals surface area contributed by atoms with Gasteiger partial charge in [0.2, 0.25) is 0 Å². The summed E-state index contributed by atoms with van der Waals surface area (Å²) >= 11 is 0. The van der Waals surface area contributed by atoms with Gasteiger partial charge in [0.15, 0.2) is 31.3 Å². The zero-order valence-corrected chi connectivity index (χ0v) is 28.3. The van der Waals surface area contributed by atoms with Crippen molar-refractivity contribution in [2.75, 3.05) is 20.8 Å². The van der Waals surface area contributed by atoms with Gasteiger partial charge in [0.1, 0.15) is 13.2 Å². The van der Waals surface area contributed by atoms with E-state index in [0.29, 0.717) is 36.2 Å². The molecule has 234 valence electrons. The van der Waals surface area contributed by atoms with Crippen molar-refractivity contribution in [2.45, 2.75) is 71.6 Å². The summed E-state index contributed by atoms with van der Waals surface area (Å²) in [6, 6.07) is 21.6. The van der Waals surface area contributed by atoms with Crippen LogP contribution in [0, 0.1) is 11.8 Å². The molecule has 3 aromatic carbocycles. The molecule has 43 heavy (non-hydrogen) atoms. The Hall–Kier alpha value is -3.26. The minimum atomic E-state index is -2.20. The molecule has 0 fully saturated rings. The lowest BCUT2D eigenvalue weighted by atomic mass is 9.81. The molecule has 1 unspecified atom stereocenters. The molecule has 7 heteroatoms. The Morgan fingerprint density at radius 3 is 1.91 bits per heavy atom. The van der Waals surface area contributed by atoms with Crippen LogP contribution in [0.15, 0.2) is 79.4 Å². The van der Waals surface area contributed by atoms with Gasteiger partial charge < -0.3 is 28.5 Å². The molecule has 0 radical (unpaired) electrons. The molecular formula is C36H50O6Si. The summed E-state index contributed by atoms with van der Waals surface area (Å²) in [4.78, 5) is 0. The molecule has 0 saturated carbocycles. The minimum Gasteiger partial charge on any atom is -0.493 e. The van der Waals surface area contributed by atoms with Gasteiger partial charge in [-0.1, -0.05) is 89.7 Å². The number of aliphatic hydroxyl groups excluding tert-OH is 1. The SMILES string of the molecule is C=CCOc1ccc([C@H](O[Si](C)(C)C(C)(C)C)[C@H](C)[C@@H](C)C(O)c2ccc(OCc3ccccc3)c(OC)c2)cc1OC. The van der Waals surface area contributed by atoms with Crippen molar-refractivity contribution < 1.29 is 28.5 Å². The van der Waals surface area contributed by atoms with Crippen molar-refractivity contribution in [3.63, 3.8) is 0 Å². The molecule has 3 rings (SSSR count). The first kappa shape index (κ1) is 34.2. The van der Waals surface area contributed by atoms with Gasteiger partial charge in [-0.25, -0.2) is 0 Å². The van der Waals surface area contributed by atoms with E-state index < -0.39 is 14.4 Å². The van der Waals surface area contributed by atoms with Crippen molar-refractivity contribution >= 4 is 8.32 Å². The van der Waals surface area contributed by atoms with Gasteiger partial charge in [-0.15, -0.1) is 0 Å². The van der Waals surface area contributed by atoms with Gasteiger partial charge in [0, 0.05) is 0 Å². The van der Waals surface area contributed by atoms with Crippen molar-refractivity contribution in [1.29, 1.82) is 0 Å². The maximum Gasteiger partial charge on any atom is 0.192 e. The molecule has 0 bridgehead atoms. The topological polar surface area (TPSA) is 66.4 Å². The van der Waals surface area contributed by atoms with E-state index in [0.717, 1.165) is 16.7 Å². The van der Waals surface area contributed by atoms with E-state index in [-0.39, 0.29) is 23.0 Å². The van der Waals surface area contributed by atoms with E-state index in [1.54, 1.807) is 20.3 Å². The standard InChI is InChI=1S/C36H50O6Si/c1-11-21-40-30-20-18-29(23-33(30)39-8)35(42-43(9,10)36(4,5)6)26(3)25(2)34(37)28-17-19-31(32(22-28)38-7)41-24-27-15-13-12-14-16-27/h11-20,22-23,25-26,34-35,37H,1,21,24H2,2-10H3/t25-,26-,34?,35-/m1/s1. The maximum absolute atomic E-state index is 11.7. The summed E-state index contributed by atoms with van der Waals surface area (Å²) in [6.07, 6.45) is 0.677. The predicted molar refractivity (Wildman–Crippen MR) is 177 cm³/mol. The van der Waals surface area contributed by atoms with E-state index in [1.807, 2.05) is 66.7 Å². The second-order valence-corrected chi connectivity index (χ2v) is 17.4. The molecular weight excluding hydrogens is 556 g/mol.